The van der Waals surface area contributed by atoms with Gasteiger partial charge >= 0.3 is 0 Å². The maximum Gasteiger partial charge on any atom is 0.252 e. The number of benzene rings is 1. The standard InChI is InChI=1S/C11H10ClNO/c1-2-8(7-13)9-4-3-5-10(6-9)11(12)14/h3-6,8H,2H2,1H3. The molecule has 0 aromatic heterocycles. The highest BCUT2D eigenvalue weighted by atomic mass is 35.5. The molecule has 72 valence electrons. The fourth-order valence-electron chi connectivity index (χ4n) is 1.28. The van der Waals surface area contributed by atoms with Crippen molar-refractivity contribution in [3.05, 3.63) is 35.4 Å². The molecular formula is C11H10ClNO. The van der Waals surface area contributed by atoms with Gasteiger partial charge in [0.25, 0.3) is 5.24 Å². The van der Waals surface area contributed by atoms with Crippen LogP contribution in [0.15, 0.2) is 24.3 Å². The lowest BCUT2D eigenvalue weighted by Crippen LogP contribution is -1.96. The zero-order chi connectivity index (χ0) is 10.6. The van der Waals surface area contributed by atoms with Crippen LogP contribution in [0.25, 0.3) is 0 Å². The molecule has 1 atom stereocenters. The van der Waals surface area contributed by atoms with E-state index in [-0.39, 0.29) is 5.92 Å². The molecule has 0 saturated carbocycles. The van der Waals surface area contributed by atoms with Crippen LogP contribution in [0.5, 0.6) is 0 Å². The Labute approximate surface area is 88.1 Å². The van der Waals surface area contributed by atoms with Crippen molar-refractivity contribution in [3.63, 3.8) is 0 Å². The van der Waals surface area contributed by atoms with Crippen molar-refractivity contribution in [1.29, 1.82) is 5.26 Å². The molecule has 1 unspecified atom stereocenters. The molecule has 0 saturated heterocycles. The van der Waals surface area contributed by atoms with E-state index in [1.807, 2.05) is 13.0 Å². The van der Waals surface area contributed by atoms with E-state index >= 15 is 0 Å². The third-order valence-electron chi connectivity index (χ3n) is 2.08. The highest BCUT2D eigenvalue weighted by molar-refractivity contribution is 6.67. The number of hydrogen-bond acceptors (Lipinski definition) is 2. The van der Waals surface area contributed by atoms with E-state index in [9.17, 15) is 4.79 Å². The van der Waals surface area contributed by atoms with E-state index in [2.05, 4.69) is 6.07 Å². The van der Waals surface area contributed by atoms with Crippen molar-refractivity contribution >= 4 is 16.8 Å². The third-order valence-corrected chi connectivity index (χ3v) is 2.30. The maximum absolute atomic E-state index is 10.9. The molecule has 14 heavy (non-hydrogen) atoms. The summed E-state index contributed by atoms with van der Waals surface area (Å²) in [5.41, 5.74) is 1.29. The van der Waals surface area contributed by atoms with Gasteiger partial charge in [0.05, 0.1) is 12.0 Å². The van der Waals surface area contributed by atoms with Gasteiger partial charge in [0.1, 0.15) is 0 Å². The summed E-state index contributed by atoms with van der Waals surface area (Å²) >= 11 is 5.34. The van der Waals surface area contributed by atoms with Crippen LogP contribution in [0.3, 0.4) is 0 Å². The predicted octanol–water partition coefficient (Wildman–Crippen LogP) is 3.08. The molecule has 0 aliphatic heterocycles. The Morgan fingerprint density at radius 3 is 2.86 bits per heavy atom. The molecule has 0 aliphatic carbocycles. The summed E-state index contributed by atoms with van der Waals surface area (Å²) in [7, 11) is 0. The summed E-state index contributed by atoms with van der Waals surface area (Å²) in [4.78, 5) is 10.9. The SMILES string of the molecule is CCC(C#N)c1cccc(C(=O)Cl)c1. The van der Waals surface area contributed by atoms with Crippen LogP contribution in [0.1, 0.15) is 35.2 Å². The molecule has 1 rings (SSSR count). The first-order chi connectivity index (χ1) is 6.69. The van der Waals surface area contributed by atoms with Crippen LogP contribution in [0.4, 0.5) is 0 Å². The van der Waals surface area contributed by atoms with Gasteiger partial charge in [-0.2, -0.15) is 5.26 Å². The van der Waals surface area contributed by atoms with Crippen LogP contribution in [-0.2, 0) is 0 Å². The number of hydrogen-bond donors (Lipinski definition) is 0. The van der Waals surface area contributed by atoms with Gasteiger partial charge in [-0.3, -0.25) is 4.79 Å². The number of rotatable bonds is 3. The van der Waals surface area contributed by atoms with Crippen LogP contribution >= 0.6 is 11.6 Å². The Balaban J connectivity index is 3.06. The largest absolute Gasteiger partial charge is 0.276 e. The molecule has 0 amide bonds. The Hall–Kier alpha value is -1.33. The van der Waals surface area contributed by atoms with Gasteiger partial charge < -0.3 is 0 Å². The van der Waals surface area contributed by atoms with Crippen molar-refractivity contribution in [2.24, 2.45) is 0 Å². The summed E-state index contributed by atoms with van der Waals surface area (Å²) in [6, 6.07) is 9.07. The first-order valence-corrected chi connectivity index (χ1v) is 4.76. The minimum atomic E-state index is -0.486. The summed E-state index contributed by atoms with van der Waals surface area (Å²) < 4.78 is 0. The molecule has 1 aromatic rings. The van der Waals surface area contributed by atoms with Gasteiger partial charge in [-0.15, -0.1) is 0 Å². The summed E-state index contributed by atoms with van der Waals surface area (Å²) in [5, 5.41) is 8.35. The van der Waals surface area contributed by atoms with Crippen molar-refractivity contribution in [2.75, 3.05) is 0 Å². The van der Waals surface area contributed by atoms with E-state index in [1.165, 1.54) is 0 Å². The van der Waals surface area contributed by atoms with Crippen LogP contribution in [-0.4, -0.2) is 5.24 Å². The van der Waals surface area contributed by atoms with E-state index in [0.29, 0.717) is 5.56 Å². The monoisotopic (exact) mass is 207 g/mol. The molecule has 0 heterocycles. The molecule has 0 radical (unpaired) electrons. The minimum Gasteiger partial charge on any atom is -0.276 e. The highest BCUT2D eigenvalue weighted by Gasteiger charge is 2.09. The lowest BCUT2D eigenvalue weighted by Gasteiger charge is -2.06. The quantitative estimate of drug-likeness (QED) is 0.715. The molecule has 2 nitrogen and oxygen atoms in total. The zero-order valence-electron chi connectivity index (χ0n) is 7.83. The minimum absolute atomic E-state index is 0.161. The molecule has 3 heteroatoms. The molecule has 0 aliphatic rings. The van der Waals surface area contributed by atoms with Gasteiger partial charge in [-0.25, -0.2) is 0 Å². The lowest BCUT2D eigenvalue weighted by atomic mass is 9.97. The molecule has 0 fully saturated rings. The average molecular weight is 208 g/mol. The first-order valence-electron chi connectivity index (χ1n) is 4.38. The normalized spacial score (nSPS) is 11.8. The Morgan fingerprint density at radius 2 is 2.36 bits per heavy atom. The van der Waals surface area contributed by atoms with Crippen molar-refractivity contribution in [3.8, 4) is 6.07 Å². The number of nitrogens with zero attached hydrogens (tertiary/aromatic N) is 1. The van der Waals surface area contributed by atoms with E-state index in [0.717, 1.165) is 12.0 Å². The predicted molar refractivity (Wildman–Crippen MR) is 55.3 cm³/mol. The second-order valence-electron chi connectivity index (χ2n) is 2.99. The summed E-state index contributed by atoms with van der Waals surface area (Å²) in [6.45, 7) is 1.93. The van der Waals surface area contributed by atoms with Crippen LogP contribution < -0.4 is 0 Å². The Morgan fingerprint density at radius 1 is 1.64 bits per heavy atom. The number of nitriles is 1. The maximum atomic E-state index is 10.9. The molecule has 0 N–H and O–H groups in total. The topological polar surface area (TPSA) is 40.9 Å². The average Bonchev–Trinajstić information content (AvgIpc) is 2.20. The second-order valence-corrected chi connectivity index (χ2v) is 3.33. The fraction of sp³-hybridized carbons (Fsp3) is 0.273. The van der Waals surface area contributed by atoms with Gasteiger partial charge in [0.2, 0.25) is 0 Å². The van der Waals surface area contributed by atoms with Crippen molar-refractivity contribution < 1.29 is 4.79 Å². The first kappa shape index (κ1) is 10.7. The molecule has 1 aromatic carbocycles. The Bertz CT molecular complexity index is 381. The zero-order valence-corrected chi connectivity index (χ0v) is 8.58. The number of halogens is 1. The van der Waals surface area contributed by atoms with Gasteiger partial charge in [0, 0.05) is 5.56 Å². The Kier molecular flexibility index (Phi) is 3.67. The lowest BCUT2D eigenvalue weighted by molar-refractivity contribution is 0.108. The van der Waals surface area contributed by atoms with Crippen LogP contribution in [0, 0.1) is 11.3 Å². The highest BCUT2D eigenvalue weighted by Crippen LogP contribution is 2.20. The second kappa shape index (κ2) is 4.78. The van der Waals surface area contributed by atoms with E-state index in [4.69, 9.17) is 16.9 Å². The van der Waals surface area contributed by atoms with Crippen molar-refractivity contribution in [2.45, 2.75) is 19.3 Å². The summed E-state index contributed by atoms with van der Waals surface area (Å²) in [6.07, 6.45) is 0.733. The van der Waals surface area contributed by atoms with Gasteiger partial charge in [-0.1, -0.05) is 25.1 Å². The number of carbonyl (C=O) groups is 1. The molecule has 0 spiro atoms. The molecule has 0 bridgehead atoms. The molecular weight excluding hydrogens is 198 g/mol. The number of carbonyl (C=O) groups excluding carboxylic acids is 1. The smallest absolute Gasteiger partial charge is 0.252 e. The van der Waals surface area contributed by atoms with Crippen molar-refractivity contribution in [1.82, 2.24) is 0 Å². The van der Waals surface area contributed by atoms with Gasteiger partial charge in [-0.05, 0) is 29.7 Å². The van der Waals surface area contributed by atoms with Gasteiger partial charge in [0.15, 0.2) is 0 Å². The van der Waals surface area contributed by atoms with E-state index < -0.39 is 5.24 Å². The van der Waals surface area contributed by atoms with E-state index in [1.54, 1.807) is 18.2 Å². The third kappa shape index (κ3) is 2.34. The summed E-state index contributed by atoms with van der Waals surface area (Å²) in [5.74, 6) is -0.161. The fourth-order valence-corrected chi connectivity index (χ4v) is 1.40. The van der Waals surface area contributed by atoms with Crippen LogP contribution in [0.2, 0.25) is 0 Å².